The number of benzene rings is 1. The topological polar surface area (TPSA) is 45.2 Å². The molecule has 2 unspecified atom stereocenters. The van der Waals surface area contributed by atoms with Crippen LogP contribution in [0.2, 0.25) is 0 Å². The van der Waals surface area contributed by atoms with Crippen LogP contribution in [0.5, 0.6) is 0 Å². The van der Waals surface area contributed by atoms with Crippen molar-refractivity contribution in [3.05, 3.63) is 29.3 Å². The molecule has 4 nitrogen and oxygen atoms in total. The second kappa shape index (κ2) is 5.07. The summed E-state index contributed by atoms with van der Waals surface area (Å²) in [5.74, 6) is 0.571. The number of fused-ring (bicyclic) bond motifs is 1. The SMILES string of the molecule is CC1CN(C2CC2)CC1NC(=O)c1ccc2ncsc2c1. The number of thiazole rings is 1. The highest BCUT2D eigenvalue weighted by Gasteiger charge is 2.38. The lowest BCUT2D eigenvalue weighted by atomic mass is 10.1. The molecule has 1 saturated heterocycles. The van der Waals surface area contributed by atoms with E-state index in [4.69, 9.17) is 0 Å². The third-order valence-electron chi connectivity index (χ3n) is 4.61. The Morgan fingerprint density at radius 2 is 2.24 bits per heavy atom. The first-order valence-corrected chi connectivity index (χ1v) is 8.47. The van der Waals surface area contributed by atoms with Gasteiger partial charge in [-0.3, -0.25) is 9.69 Å². The Labute approximate surface area is 128 Å². The number of carbonyl (C=O) groups is 1. The minimum atomic E-state index is 0.0415. The van der Waals surface area contributed by atoms with E-state index in [1.54, 1.807) is 11.3 Å². The zero-order valence-electron chi connectivity index (χ0n) is 12.1. The Hall–Kier alpha value is -1.46. The summed E-state index contributed by atoms with van der Waals surface area (Å²) < 4.78 is 1.07. The Balaban J connectivity index is 1.47. The van der Waals surface area contributed by atoms with E-state index in [1.165, 1.54) is 12.8 Å². The van der Waals surface area contributed by atoms with E-state index < -0.39 is 0 Å². The van der Waals surface area contributed by atoms with Gasteiger partial charge in [0.2, 0.25) is 0 Å². The number of nitrogens with one attached hydrogen (secondary N) is 1. The van der Waals surface area contributed by atoms with E-state index in [0.717, 1.165) is 34.9 Å². The quantitative estimate of drug-likeness (QED) is 0.947. The van der Waals surface area contributed by atoms with Gasteiger partial charge >= 0.3 is 0 Å². The summed E-state index contributed by atoms with van der Waals surface area (Å²) in [4.78, 5) is 19.2. The Bertz CT molecular complexity index is 679. The van der Waals surface area contributed by atoms with Gasteiger partial charge in [0, 0.05) is 30.7 Å². The van der Waals surface area contributed by atoms with Crippen molar-refractivity contribution in [3.8, 4) is 0 Å². The number of hydrogen-bond acceptors (Lipinski definition) is 4. The average Bonchev–Trinajstić information content (AvgIpc) is 3.12. The van der Waals surface area contributed by atoms with Crippen molar-refractivity contribution in [2.24, 2.45) is 5.92 Å². The smallest absolute Gasteiger partial charge is 0.251 e. The molecule has 2 fully saturated rings. The van der Waals surface area contributed by atoms with Gasteiger partial charge in [0.05, 0.1) is 15.7 Å². The number of aromatic nitrogens is 1. The first kappa shape index (κ1) is 13.2. The van der Waals surface area contributed by atoms with Crippen LogP contribution in [0.25, 0.3) is 10.2 Å². The van der Waals surface area contributed by atoms with Gasteiger partial charge in [-0.25, -0.2) is 4.98 Å². The van der Waals surface area contributed by atoms with E-state index in [1.807, 2.05) is 23.7 Å². The zero-order chi connectivity index (χ0) is 14.4. The summed E-state index contributed by atoms with van der Waals surface area (Å²) >= 11 is 1.58. The molecule has 5 heteroatoms. The van der Waals surface area contributed by atoms with Crippen LogP contribution in [-0.4, -0.2) is 41.0 Å². The predicted octanol–water partition coefficient (Wildman–Crippen LogP) is 2.51. The minimum absolute atomic E-state index is 0.0415. The number of nitrogens with zero attached hydrogens (tertiary/aromatic N) is 2. The van der Waals surface area contributed by atoms with Gasteiger partial charge in [0.1, 0.15) is 0 Å². The normalized spacial score (nSPS) is 26.3. The molecule has 0 spiro atoms. The molecule has 2 heterocycles. The van der Waals surface area contributed by atoms with Crippen LogP contribution in [0.1, 0.15) is 30.1 Å². The van der Waals surface area contributed by atoms with Crippen molar-refractivity contribution < 1.29 is 4.79 Å². The van der Waals surface area contributed by atoms with Gasteiger partial charge in [-0.05, 0) is 37.0 Å². The average molecular weight is 301 g/mol. The molecule has 1 amide bonds. The summed E-state index contributed by atoms with van der Waals surface area (Å²) in [5.41, 5.74) is 3.52. The predicted molar refractivity (Wildman–Crippen MR) is 84.6 cm³/mol. The lowest BCUT2D eigenvalue weighted by Gasteiger charge is -2.17. The molecule has 1 N–H and O–H groups in total. The summed E-state index contributed by atoms with van der Waals surface area (Å²) in [7, 11) is 0. The third-order valence-corrected chi connectivity index (χ3v) is 5.41. The lowest BCUT2D eigenvalue weighted by molar-refractivity contribution is 0.0931. The molecule has 0 radical (unpaired) electrons. The number of carbonyl (C=O) groups excluding carboxylic acids is 1. The van der Waals surface area contributed by atoms with E-state index in [0.29, 0.717) is 5.92 Å². The highest BCUT2D eigenvalue weighted by atomic mass is 32.1. The monoisotopic (exact) mass is 301 g/mol. The molecular weight excluding hydrogens is 282 g/mol. The summed E-state index contributed by atoms with van der Waals surface area (Å²) in [6, 6.07) is 6.80. The molecule has 110 valence electrons. The van der Waals surface area contributed by atoms with Crippen LogP contribution in [0, 0.1) is 5.92 Å². The van der Waals surface area contributed by atoms with Crippen molar-refractivity contribution in [2.45, 2.75) is 31.8 Å². The van der Waals surface area contributed by atoms with Crippen LogP contribution in [0.4, 0.5) is 0 Å². The van der Waals surface area contributed by atoms with Crippen LogP contribution in [-0.2, 0) is 0 Å². The van der Waals surface area contributed by atoms with Gasteiger partial charge in [0.25, 0.3) is 5.91 Å². The van der Waals surface area contributed by atoms with E-state index in [2.05, 4.69) is 22.1 Å². The van der Waals surface area contributed by atoms with E-state index >= 15 is 0 Å². The second-order valence-corrected chi connectivity index (χ2v) is 7.16. The molecule has 1 aromatic carbocycles. The first-order chi connectivity index (χ1) is 10.2. The summed E-state index contributed by atoms with van der Waals surface area (Å²) in [6.45, 7) is 4.35. The Morgan fingerprint density at radius 1 is 1.38 bits per heavy atom. The molecule has 2 aliphatic rings. The highest BCUT2D eigenvalue weighted by molar-refractivity contribution is 7.16. The maximum absolute atomic E-state index is 12.5. The lowest BCUT2D eigenvalue weighted by Crippen LogP contribution is -2.40. The fourth-order valence-electron chi connectivity index (χ4n) is 3.18. The van der Waals surface area contributed by atoms with Crippen molar-refractivity contribution in [2.75, 3.05) is 13.1 Å². The Morgan fingerprint density at radius 3 is 3.05 bits per heavy atom. The third kappa shape index (κ3) is 2.56. The minimum Gasteiger partial charge on any atom is -0.348 e. The van der Waals surface area contributed by atoms with E-state index in [9.17, 15) is 4.79 Å². The molecule has 4 rings (SSSR count). The van der Waals surface area contributed by atoms with Gasteiger partial charge < -0.3 is 5.32 Å². The fourth-order valence-corrected chi connectivity index (χ4v) is 3.89. The largest absolute Gasteiger partial charge is 0.348 e. The molecule has 1 saturated carbocycles. The molecule has 21 heavy (non-hydrogen) atoms. The number of rotatable bonds is 3. The maximum Gasteiger partial charge on any atom is 0.251 e. The standard InChI is InChI=1S/C16H19N3OS/c1-10-7-19(12-3-4-12)8-14(10)18-16(20)11-2-5-13-15(6-11)21-9-17-13/h2,5-6,9-10,12,14H,3-4,7-8H2,1H3,(H,18,20). The van der Waals surface area contributed by atoms with Gasteiger partial charge in [-0.2, -0.15) is 0 Å². The van der Waals surface area contributed by atoms with Crippen LogP contribution in [0.3, 0.4) is 0 Å². The number of likely N-dealkylation sites (tertiary alicyclic amines) is 1. The van der Waals surface area contributed by atoms with Crippen LogP contribution >= 0.6 is 11.3 Å². The van der Waals surface area contributed by atoms with E-state index in [-0.39, 0.29) is 11.9 Å². The second-order valence-electron chi connectivity index (χ2n) is 6.28. The number of hydrogen-bond donors (Lipinski definition) is 1. The molecule has 1 aliphatic carbocycles. The molecule has 0 bridgehead atoms. The van der Waals surface area contributed by atoms with Crippen LogP contribution < -0.4 is 5.32 Å². The first-order valence-electron chi connectivity index (χ1n) is 7.59. The number of amides is 1. The van der Waals surface area contributed by atoms with Crippen molar-refractivity contribution in [1.82, 2.24) is 15.2 Å². The molecule has 2 aromatic rings. The Kier molecular flexibility index (Phi) is 3.19. The fraction of sp³-hybridized carbons (Fsp3) is 0.500. The maximum atomic E-state index is 12.5. The summed E-state index contributed by atoms with van der Waals surface area (Å²) in [6.07, 6.45) is 2.66. The van der Waals surface area contributed by atoms with Crippen LogP contribution in [0.15, 0.2) is 23.7 Å². The van der Waals surface area contributed by atoms with Crippen molar-refractivity contribution in [3.63, 3.8) is 0 Å². The van der Waals surface area contributed by atoms with Gasteiger partial charge in [-0.1, -0.05) is 6.92 Å². The van der Waals surface area contributed by atoms with Gasteiger partial charge in [-0.15, -0.1) is 11.3 Å². The van der Waals surface area contributed by atoms with Gasteiger partial charge in [0.15, 0.2) is 0 Å². The zero-order valence-corrected chi connectivity index (χ0v) is 12.9. The van der Waals surface area contributed by atoms with Crippen molar-refractivity contribution in [1.29, 1.82) is 0 Å². The molecular formula is C16H19N3OS. The summed E-state index contributed by atoms with van der Waals surface area (Å²) in [5, 5.41) is 3.22. The van der Waals surface area contributed by atoms with Crippen molar-refractivity contribution >= 4 is 27.5 Å². The molecule has 1 aliphatic heterocycles. The highest BCUT2D eigenvalue weighted by Crippen LogP contribution is 2.31. The molecule has 2 atom stereocenters. The molecule has 1 aromatic heterocycles.